The van der Waals surface area contributed by atoms with Crippen molar-refractivity contribution in [2.75, 3.05) is 39.3 Å². The molecule has 0 unspecified atom stereocenters. The third-order valence-electron chi connectivity index (χ3n) is 2.82. The molecule has 0 bridgehead atoms. The zero-order valence-electron chi connectivity index (χ0n) is 8.29. The van der Waals surface area contributed by atoms with E-state index in [0.717, 1.165) is 6.54 Å². The summed E-state index contributed by atoms with van der Waals surface area (Å²) in [6, 6.07) is 0.559. The van der Waals surface area contributed by atoms with Gasteiger partial charge in [-0.15, -0.1) is 0 Å². The minimum Gasteiger partial charge on any atom is -0.329 e. The fourth-order valence-corrected chi connectivity index (χ4v) is 1.67. The van der Waals surface area contributed by atoms with Crippen molar-refractivity contribution in [2.45, 2.75) is 19.9 Å². The third kappa shape index (κ3) is 2.44. The largest absolute Gasteiger partial charge is 0.329 e. The fourth-order valence-electron chi connectivity index (χ4n) is 1.67. The highest BCUT2D eigenvalue weighted by molar-refractivity contribution is 4.75. The van der Waals surface area contributed by atoms with Crippen LogP contribution in [0.15, 0.2) is 0 Å². The van der Waals surface area contributed by atoms with Crippen LogP contribution in [0.4, 0.5) is 0 Å². The van der Waals surface area contributed by atoms with Gasteiger partial charge in [0.1, 0.15) is 0 Å². The van der Waals surface area contributed by atoms with Crippen molar-refractivity contribution < 1.29 is 0 Å². The van der Waals surface area contributed by atoms with E-state index in [-0.39, 0.29) is 0 Å². The number of rotatable bonds is 3. The van der Waals surface area contributed by atoms with Gasteiger partial charge in [-0.3, -0.25) is 4.90 Å². The summed E-state index contributed by atoms with van der Waals surface area (Å²) < 4.78 is 0. The van der Waals surface area contributed by atoms with E-state index in [1.807, 2.05) is 0 Å². The first kappa shape index (κ1) is 9.96. The molecule has 1 atom stereocenters. The van der Waals surface area contributed by atoms with Crippen molar-refractivity contribution in [3.63, 3.8) is 0 Å². The molecular formula is C9H21N3. The van der Waals surface area contributed by atoms with Crippen LogP contribution >= 0.6 is 0 Å². The Bertz CT molecular complexity index is 119. The Morgan fingerprint density at radius 1 is 1.25 bits per heavy atom. The van der Waals surface area contributed by atoms with Crippen LogP contribution in [0.25, 0.3) is 0 Å². The summed E-state index contributed by atoms with van der Waals surface area (Å²) >= 11 is 0. The average Bonchev–Trinajstić information content (AvgIpc) is 2.17. The topological polar surface area (TPSA) is 32.5 Å². The first-order valence-corrected chi connectivity index (χ1v) is 4.94. The highest BCUT2D eigenvalue weighted by Crippen LogP contribution is 2.04. The van der Waals surface area contributed by atoms with Crippen LogP contribution in [0, 0.1) is 0 Å². The van der Waals surface area contributed by atoms with Gasteiger partial charge in [0.25, 0.3) is 0 Å². The first-order chi connectivity index (χ1) is 5.77. The lowest BCUT2D eigenvalue weighted by Crippen LogP contribution is -2.51. The Morgan fingerprint density at radius 3 is 2.25 bits per heavy atom. The fraction of sp³-hybridized carbons (Fsp3) is 1.00. The molecule has 1 rings (SSSR count). The Kier molecular flexibility index (Phi) is 3.98. The summed E-state index contributed by atoms with van der Waals surface area (Å²) in [5.41, 5.74) is 5.61. The van der Waals surface area contributed by atoms with Crippen molar-refractivity contribution >= 4 is 0 Å². The Labute approximate surface area is 75.5 Å². The van der Waals surface area contributed by atoms with Crippen LogP contribution in [-0.4, -0.2) is 55.1 Å². The number of hydrogen-bond donors (Lipinski definition) is 1. The number of hydrogen-bond acceptors (Lipinski definition) is 3. The zero-order valence-corrected chi connectivity index (χ0v) is 8.29. The van der Waals surface area contributed by atoms with Gasteiger partial charge in [0, 0.05) is 38.8 Å². The average molecular weight is 171 g/mol. The minimum atomic E-state index is 0.559. The Balaban J connectivity index is 2.25. The van der Waals surface area contributed by atoms with E-state index in [1.54, 1.807) is 0 Å². The SMILES string of the molecule is CCN1CCN([C@@H](C)CN)CC1. The molecule has 1 fully saturated rings. The second-order valence-corrected chi connectivity index (χ2v) is 3.55. The van der Waals surface area contributed by atoms with Crippen LogP contribution in [0.5, 0.6) is 0 Å². The van der Waals surface area contributed by atoms with Crippen molar-refractivity contribution in [1.82, 2.24) is 9.80 Å². The predicted octanol–water partition coefficient (Wildman–Crippen LogP) is -0.0289. The molecule has 72 valence electrons. The number of piperazine rings is 1. The maximum atomic E-state index is 5.61. The summed E-state index contributed by atoms with van der Waals surface area (Å²) in [6.45, 7) is 11.2. The van der Waals surface area contributed by atoms with Crippen molar-refractivity contribution in [3.05, 3.63) is 0 Å². The molecule has 0 saturated carbocycles. The van der Waals surface area contributed by atoms with Gasteiger partial charge < -0.3 is 10.6 Å². The standard InChI is InChI=1S/C9H21N3/c1-3-11-4-6-12(7-5-11)9(2)8-10/h9H,3-8,10H2,1-2H3/t9-/m0/s1. The van der Waals surface area contributed by atoms with Crippen LogP contribution in [-0.2, 0) is 0 Å². The van der Waals surface area contributed by atoms with Gasteiger partial charge >= 0.3 is 0 Å². The van der Waals surface area contributed by atoms with Gasteiger partial charge in [-0.05, 0) is 13.5 Å². The molecule has 12 heavy (non-hydrogen) atoms. The van der Waals surface area contributed by atoms with Gasteiger partial charge in [-0.1, -0.05) is 6.92 Å². The predicted molar refractivity (Wildman–Crippen MR) is 52.2 cm³/mol. The number of nitrogens with two attached hydrogens (primary N) is 1. The molecule has 0 aromatic rings. The van der Waals surface area contributed by atoms with Gasteiger partial charge in [0.05, 0.1) is 0 Å². The molecule has 0 spiro atoms. The minimum absolute atomic E-state index is 0.559. The lowest BCUT2D eigenvalue weighted by atomic mass is 10.2. The summed E-state index contributed by atoms with van der Waals surface area (Å²) in [4.78, 5) is 4.96. The molecule has 2 N–H and O–H groups in total. The van der Waals surface area contributed by atoms with E-state index in [0.29, 0.717) is 6.04 Å². The summed E-state index contributed by atoms with van der Waals surface area (Å²) in [5, 5.41) is 0. The molecule has 1 saturated heterocycles. The van der Waals surface area contributed by atoms with E-state index in [1.165, 1.54) is 32.7 Å². The number of likely N-dealkylation sites (N-methyl/N-ethyl adjacent to an activating group) is 1. The molecule has 0 radical (unpaired) electrons. The van der Waals surface area contributed by atoms with Gasteiger partial charge in [-0.25, -0.2) is 0 Å². The van der Waals surface area contributed by atoms with Crippen LogP contribution < -0.4 is 5.73 Å². The van der Waals surface area contributed by atoms with E-state index >= 15 is 0 Å². The third-order valence-corrected chi connectivity index (χ3v) is 2.82. The van der Waals surface area contributed by atoms with E-state index < -0.39 is 0 Å². The van der Waals surface area contributed by atoms with Crippen LogP contribution in [0.1, 0.15) is 13.8 Å². The zero-order chi connectivity index (χ0) is 8.97. The Hall–Kier alpha value is -0.120. The molecule has 3 heteroatoms. The van der Waals surface area contributed by atoms with E-state index in [2.05, 4.69) is 23.6 Å². The van der Waals surface area contributed by atoms with Gasteiger partial charge in [-0.2, -0.15) is 0 Å². The van der Waals surface area contributed by atoms with Crippen LogP contribution in [0.2, 0.25) is 0 Å². The lowest BCUT2D eigenvalue weighted by molar-refractivity contribution is 0.109. The van der Waals surface area contributed by atoms with E-state index in [9.17, 15) is 0 Å². The van der Waals surface area contributed by atoms with Crippen LogP contribution in [0.3, 0.4) is 0 Å². The second kappa shape index (κ2) is 4.80. The molecule has 3 nitrogen and oxygen atoms in total. The summed E-state index contributed by atoms with van der Waals surface area (Å²) in [7, 11) is 0. The number of nitrogens with zero attached hydrogens (tertiary/aromatic N) is 2. The Morgan fingerprint density at radius 2 is 1.83 bits per heavy atom. The molecule has 1 aliphatic rings. The van der Waals surface area contributed by atoms with Crippen molar-refractivity contribution in [1.29, 1.82) is 0 Å². The monoisotopic (exact) mass is 171 g/mol. The molecule has 0 aromatic heterocycles. The first-order valence-electron chi connectivity index (χ1n) is 4.94. The molecule has 1 heterocycles. The van der Waals surface area contributed by atoms with Gasteiger partial charge in [0.2, 0.25) is 0 Å². The highest BCUT2D eigenvalue weighted by Gasteiger charge is 2.18. The molecule has 0 amide bonds. The molecule has 1 aliphatic heterocycles. The summed E-state index contributed by atoms with van der Waals surface area (Å²) in [5.74, 6) is 0. The summed E-state index contributed by atoms with van der Waals surface area (Å²) in [6.07, 6.45) is 0. The highest BCUT2D eigenvalue weighted by atomic mass is 15.3. The molecule has 0 aliphatic carbocycles. The molecular weight excluding hydrogens is 150 g/mol. The van der Waals surface area contributed by atoms with E-state index in [4.69, 9.17) is 5.73 Å². The molecule has 0 aromatic carbocycles. The second-order valence-electron chi connectivity index (χ2n) is 3.55. The maximum absolute atomic E-state index is 5.61. The maximum Gasteiger partial charge on any atom is 0.0191 e. The van der Waals surface area contributed by atoms with Gasteiger partial charge in [0.15, 0.2) is 0 Å². The quantitative estimate of drug-likeness (QED) is 0.647. The normalized spacial score (nSPS) is 24.2. The lowest BCUT2D eigenvalue weighted by Gasteiger charge is -2.37. The smallest absolute Gasteiger partial charge is 0.0191 e. The van der Waals surface area contributed by atoms with Crippen molar-refractivity contribution in [2.24, 2.45) is 5.73 Å². The van der Waals surface area contributed by atoms with Crippen molar-refractivity contribution in [3.8, 4) is 0 Å².